The van der Waals surface area contributed by atoms with Gasteiger partial charge in [0.05, 0.1) is 0 Å². The molecule has 0 aromatic carbocycles. The van der Waals surface area contributed by atoms with Gasteiger partial charge in [-0.2, -0.15) is 0 Å². The van der Waals surface area contributed by atoms with Crippen molar-refractivity contribution < 1.29 is 0 Å². The molecular formula is C16H31N3. The van der Waals surface area contributed by atoms with Gasteiger partial charge in [0.25, 0.3) is 0 Å². The fraction of sp³-hybridized carbons (Fsp3) is 1.00. The van der Waals surface area contributed by atoms with Gasteiger partial charge in [-0.15, -0.1) is 0 Å². The topological polar surface area (TPSA) is 18.5 Å². The first-order valence-electron chi connectivity index (χ1n) is 8.43. The lowest BCUT2D eigenvalue weighted by molar-refractivity contribution is -0.0193. The maximum Gasteiger partial charge on any atom is 0.0351 e. The van der Waals surface area contributed by atoms with E-state index < -0.39 is 0 Å². The Balaban J connectivity index is 1.44. The number of nitrogens with one attached hydrogen (secondary N) is 1. The SMILES string of the molecule is CC(C)C1CCCC(N2CC(N3CCNCC3)C2)C1. The number of rotatable bonds is 3. The highest BCUT2D eigenvalue weighted by Crippen LogP contribution is 2.34. The molecule has 3 nitrogen and oxygen atoms in total. The van der Waals surface area contributed by atoms with E-state index in [-0.39, 0.29) is 0 Å². The normalized spacial score (nSPS) is 35.5. The minimum Gasteiger partial charge on any atom is -0.314 e. The van der Waals surface area contributed by atoms with Crippen LogP contribution in [0.4, 0.5) is 0 Å². The Morgan fingerprint density at radius 3 is 2.37 bits per heavy atom. The van der Waals surface area contributed by atoms with Gasteiger partial charge < -0.3 is 5.32 Å². The average Bonchev–Trinajstić information content (AvgIpc) is 2.39. The first kappa shape index (κ1) is 13.8. The van der Waals surface area contributed by atoms with Crippen LogP contribution >= 0.6 is 0 Å². The van der Waals surface area contributed by atoms with Crippen molar-refractivity contribution in [2.24, 2.45) is 11.8 Å². The molecule has 1 saturated carbocycles. The van der Waals surface area contributed by atoms with Crippen LogP contribution in [0.5, 0.6) is 0 Å². The molecule has 2 saturated heterocycles. The summed E-state index contributed by atoms with van der Waals surface area (Å²) in [4.78, 5) is 5.48. The van der Waals surface area contributed by atoms with Crippen molar-refractivity contribution in [1.29, 1.82) is 0 Å². The van der Waals surface area contributed by atoms with Crippen molar-refractivity contribution in [3.8, 4) is 0 Å². The van der Waals surface area contributed by atoms with Gasteiger partial charge >= 0.3 is 0 Å². The lowest BCUT2D eigenvalue weighted by Gasteiger charge is -2.51. The van der Waals surface area contributed by atoms with Crippen LogP contribution in [0.2, 0.25) is 0 Å². The first-order valence-corrected chi connectivity index (χ1v) is 8.43. The molecule has 1 N–H and O–H groups in total. The van der Waals surface area contributed by atoms with E-state index in [1.807, 2.05) is 0 Å². The largest absolute Gasteiger partial charge is 0.314 e. The zero-order chi connectivity index (χ0) is 13.2. The number of nitrogens with zero attached hydrogens (tertiary/aromatic N) is 2. The predicted molar refractivity (Wildman–Crippen MR) is 80.4 cm³/mol. The zero-order valence-electron chi connectivity index (χ0n) is 12.8. The van der Waals surface area contributed by atoms with Crippen LogP contribution < -0.4 is 5.32 Å². The molecule has 3 fully saturated rings. The van der Waals surface area contributed by atoms with Gasteiger partial charge in [-0.3, -0.25) is 9.80 Å². The molecule has 0 spiro atoms. The molecule has 3 aliphatic rings. The molecule has 0 radical (unpaired) electrons. The highest BCUT2D eigenvalue weighted by molar-refractivity contribution is 4.94. The monoisotopic (exact) mass is 265 g/mol. The molecule has 0 aromatic heterocycles. The second-order valence-electron chi connectivity index (χ2n) is 7.22. The molecule has 0 aromatic rings. The van der Waals surface area contributed by atoms with E-state index in [1.54, 1.807) is 0 Å². The van der Waals surface area contributed by atoms with Crippen LogP contribution in [-0.2, 0) is 0 Å². The third-order valence-corrected chi connectivity index (χ3v) is 5.70. The average molecular weight is 265 g/mol. The maximum absolute atomic E-state index is 3.46. The second kappa shape index (κ2) is 6.11. The second-order valence-corrected chi connectivity index (χ2v) is 7.22. The van der Waals surface area contributed by atoms with Crippen LogP contribution in [0.15, 0.2) is 0 Å². The lowest BCUT2D eigenvalue weighted by Crippen LogP contribution is -2.65. The van der Waals surface area contributed by atoms with E-state index >= 15 is 0 Å². The zero-order valence-corrected chi connectivity index (χ0v) is 12.8. The molecule has 2 aliphatic heterocycles. The Hall–Kier alpha value is -0.120. The van der Waals surface area contributed by atoms with Crippen LogP contribution in [0.25, 0.3) is 0 Å². The van der Waals surface area contributed by atoms with Gasteiger partial charge in [-0.25, -0.2) is 0 Å². The van der Waals surface area contributed by atoms with Gasteiger partial charge in [-0.1, -0.05) is 26.7 Å². The molecule has 0 amide bonds. The van der Waals surface area contributed by atoms with Crippen molar-refractivity contribution in [1.82, 2.24) is 15.1 Å². The van der Waals surface area contributed by atoms with Crippen LogP contribution in [-0.4, -0.2) is 61.2 Å². The van der Waals surface area contributed by atoms with E-state index in [0.29, 0.717) is 0 Å². The molecule has 2 atom stereocenters. The fourth-order valence-electron chi connectivity index (χ4n) is 4.20. The Labute approximate surface area is 118 Å². The number of piperazine rings is 1. The standard InChI is InChI=1S/C16H31N3/c1-13(2)14-4-3-5-15(10-14)19-11-16(12-19)18-8-6-17-7-9-18/h13-17H,3-12H2,1-2H3. The maximum atomic E-state index is 3.46. The summed E-state index contributed by atoms with van der Waals surface area (Å²) in [6, 6.07) is 1.77. The Bertz CT molecular complexity index is 280. The van der Waals surface area contributed by atoms with Crippen molar-refractivity contribution in [3.63, 3.8) is 0 Å². The summed E-state index contributed by atoms with van der Waals surface area (Å²) in [6.07, 6.45) is 5.86. The molecule has 0 bridgehead atoms. The summed E-state index contributed by atoms with van der Waals surface area (Å²) < 4.78 is 0. The molecular weight excluding hydrogens is 234 g/mol. The smallest absolute Gasteiger partial charge is 0.0351 e. The molecule has 110 valence electrons. The van der Waals surface area contributed by atoms with Crippen molar-refractivity contribution in [3.05, 3.63) is 0 Å². The summed E-state index contributed by atoms with van der Waals surface area (Å²) in [7, 11) is 0. The third-order valence-electron chi connectivity index (χ3n) is 5.70. The highest BCUT2D eigenvalue weighted by Gasteiger charge is 2.38. The molecule has 2 heterocycles. The Morgan fingerprint density at radius 1 is 0.947 bits per heavy atom. The van der Waals surface area contributed by atoms with Crippen LogP contribution in [0, 0.1) is 11.8 Å². The quantitative estimate of drug-likeness (QED) is 0.839. The summed E-state index contributed by atoms with van der Waals surface area (Å²) in [5.74, 6) is 1.87. The van der Waals surface area contributed by atoms with E-state index in [9.17, 15) is 0 Å². The number of hydrogen-bond acceptors (Lipinski definition) is 3. The number of likely N-dealkylation sites (tertiary alicyclic amines) is 1. The molecule has 3 rings (SSSR count). The van der Waals surface area contributed by atoms with Gasteiger partial charge in [-0.05, 0) is 24.7 Å². The molecule has 19 heavy (non-hydrogen) atoms. The van der Waals surface area contributed by atoms with E-state index in [1.165, 1.54) is 65.0 Å². The van der Waals surface area contributed by atoms with E-state index in [0.717, 1.165) is 23.9 Å². The van der Waals surface area contributed by atoms with Gasteiger partial charge in [0.1, 0.15) is 0 Å². The minimum atomic E-state index is 0.863. The molecule has 2 unspecified atom stereocenters. The number of hydrogen-bond donors (Lipinski definition) is 1. The van der Waals surface area contributed by atoms with Crippen molar-refractivity contribution in [2.75, 3.05) is 39.3 Å². The fourth-order valence-corrected chi connectivity index (χ4v) is 4.20. The highest BCUT2D eigenvalue weighted by atomic mass is 15.3. The summed E-state index contributed by atoms with van der Waals surface area (Å²) in [5.41, 5.74) is 0. The van der Waals surface area contributed by atoms with Gasteiger partial charge in [0.15, 0.2) is 0 Å². The Kier molecular flexibility index (Phi) is 4.45. The van der Waals surface area contributed by atoms with Crippen molar-refractivity contribution >= 4 is 0 Å². The van der Waals surface area contributed by atoms with E-state index in [2.05, 4.69) is 29.0 Å². The van der Waals surface area contributed by atoms with Crippen molar-refractivity contribution in [2.45, 2.75) is 51.6 Å². The first-order chi connectivity index (χ1) is 9.24. The predicted octanol–water partition coefficient (Wildman–Crippen LogP) is 1.79. The third kappa shape index (κ3) is 3.14. The molecule has 3 heteroatoms. The van der Waals surface area contributed by atoms with Crippen LogP contribution in [0.1, 0.15) is 39.5 Å². The van der Waals surface area contributed by atoms with E-state index in [4.69, 9.17) is 0 Å². The Morgan fingerprint density at radius 2 is 1.68 bits per heavy atom. The summed E-state index contributed by atoms with van der Waals surface area (Å²) in [6.45, 7) is 12.4. The van der Waals surface area contributed by atoms with Crippen LogP contribution in [0.3, 0.4) is 0 Å². The summed E-state index contributed by atoms with van der Waals surface area (Å²) in [5, 5.41) is 3.46. The summed E-state index contributed by atoms with van der Waals surface area (Å²) >= 11 is 0. The van der Waals surface area contributed by atoms with Gasteiger partial charge in [0, 0.05) is 51.4 Å². The van der Waals surface area contributed by atoms with Gasteiger partial charge in [0.2, 0.25) is 0 Å². The lowest BCUT2D eigenvalue weighted by atomic mass is 9.78. The molecule has 1 aliphatic carbocycles. The minimum absolute atomic E-state index is 0.863.